The van der Waals surface area contributed by atoms with E-state index in [2.05, 4.69) is 45.5 Å². The molecule has 2 aromatic rings. The molecular formula is C18H19BrFN. The van der Waals surface area contributed by atoms with Crippen LogP contribution in [0.3, 0.4) is 0 Å². The lowest BCUT2D eigenvalue weighted by atomic mass is 9.76. The van der Waals surface area contributed by atoms with Gasteiger partial charge in [-0.3, -0.25) is 0 Å². The van der Waals surface area contributed by atoms with Gasteiger partial charge in [0.05, 0.1) is 0 Å². The Morgan fingerprint density at radius 3 is 2.48 bits per heavy atom. The van der Waals surface area contributed by atoms with Crippen molar-refractivity contribution in [3.63, 3.8) is 0 Å². The Bertz CT molecular complexity index is 590. The SMILES string of the molecule is Fc1ccccc1CCNC1CC(c2ccc(Br)cc2)C1. The fourth-order valence-electron chi connectivity index (χ4n) is 2.90. The summed E-state index contributed by atoms with van der Waals surface area (Å²) in [6.45, 7) is 0.846. The van der Waals surface area contributed by atoms with Gasteiger partial charge in [0.25, 0.3) is 0 Å². The minimum absolute atomic E-state index is 0.0966. The Morgan fingerprint density at radius 2 is 1.76 bits per heavy atom. The van der Waals surface area contributed by atoms with Gasteiger partial charge in [-0.15, -0.1) is 0 Å². The Hall–Kier alpha value is -1.19. The summed E-state index contributed by atoms with van der Waals surface area (Å²) in [5.41, 5.74) is 2.22. The van der Waals surface area contributed by atoms with Crippen LogP contribution in [0.15, 0.2) is 53.0 Å². The fraction of sp³-hybridized carbons (Fsp3) is 0.333. The van der Waals surface area contributed by atoms with Crippen LogP contribution >= 0.6 is 15.9 Å². The second-order valence-corrected chi connectivity index (χ2v) is 6.63. The number of hydrogen-bond acceptors (Lipinski definition) is 1. The minimum atomic E-state index is -0.0966. The first kappa shape index (κ1) is 14.7. The molecule has 1 aliphatic rings. The normalized spacial score (nSPS) is 21.0. The molecule has 0 bridgehead atoms. The molecule has 1 nitrogen and oxygen atoms in total. The van der Waals surface area contributed by atoms with Crippen LogP contribution in [0.4, 0.5) is 4.39 Å². The minimum Gasteiger partial charge on any atom is -0.314 e. The zero-order valence-corrected chi connectivity index (χ0v) is 13.4. The van der Waals surface area contributed by atoms with Gasteiger partial charge in [-0.25, -0.2) is 4.39 Å². The van der Waals surface area contributed by atoms with Crippen LogP contribution in [0.1, 0.15) is 29.9 Å². The van der Waals surface area contributed by atoms with Crippen LogP contribution in [-0.2, 0) is 6.42 Å². The number of nitrogens with one attached hydrogen (secondary N) is 1. The molecule has 0 aliphatic heterocycles. The van der Waals surface area contributed by atoms with E-state index < -0.39 is 0 Å². The number of hydrogen-bond donors (Lipinski definition) is 1. The van der Waals surface area contributed by atoms with Gasteiger partial charge in [0.2, 0.25) is 0 Å². The molecule has 0 saturated heterocycles. The standard InChI is InChI=1S/C18H19BrFN/c19-16-7-5-13(6-8-16)15-11-17(12-15)21-10-9-14-3-1-2-4-18(14)20/h1-8,15,17,21H,9-12H2. The molecule has 1 N–H and O–H groups in total. The highest BCUT2D eigenvalue weighted by Crippen LogP contribution is 2.37. The molecule has 0 heterocycles. The zero-order chi connectivity index (χ0) is 14.7. The van der Waals surface area contributed by atoms with E-state index >= 15 is 0 Å². The average molecular weight is 348 g/mol. The van der Waals surface area contributed by atoms with E-state index in [-0.39, 0.29) is 5.82 Å². The van der Waals surface area contributed by atoms with Crippen molar-refractivity contribution in [3.8, 4) is 0 Å². The summed E-state index contributed by atoms with van der Waals surface area (Å²) >= 11 is 3.47. The van der Waals surface area contributed by atoms with E-state index in [0.29, 0.717) is 12.0 Å². The highest BCUT2D eigenvalue weighted by Gasteiger charge is 2.29. The third-order valence-electron chi connectivity index (χ3n) is 4.26. The molecule has 0 atom stereocenters. The maximum atomic E-state index is 13.5. The summed E-state index contributed by atoms with van der Waals surface area (Å²) in [6.07, 6.45) is 3.12. The van der Waals surface area contributed by atoms with E-state index in [9.17, 15) is 4.39 Å². The summed E-state index contributed by atoms with van der Waals surface area (Å²) in [7, 11) is 0. The largest absolute Gasteiger partial charge is 0.314 e. The monoisotopic (exact) mass is 347 g/mol. The van der Waals surface area contributed by atoms with E-state index in [0.717, 1.165) is 23.0 Å². The van der Waals surface area contributed by atoms with Crippen molar-refractivity contribution >= 4 is 15.9 Å². The maximum Gasteiger partial charge on any atom is 0.126 e. The van der Waals surface area contributed by atoms with Crippen molar-refractivity contribution in [2.24, 2.45) is 0 Å². The molecule has 1 fully saturated rings. The third kappa shape index (κ3) is 3.72. The Kier molecular flexibility index (Phi) is 4.71. The molecule has 110 valence electrons. The molecule has 1 saturated carbocycles. The Morgan fingerprint density at radius 1 is 1.05 bits per heavy atom. The van der Waals surface area contributed by atoms with Crippen molar-refractivity contribution < 1.29 is 4.39 Å². The molecule has 21 heavy (non-hydrogen) atoms. The van der Waals surface area contributed by atoms with Crippen molar-refractivity contribution in [2.75, 3.05) is 6.54 Å². The molecule has 0 unspecified atom stereocenters. The smallest absolute Gasteiger partial charge is 0.126 e. The Labute approximate surface area is 133 Å². The van der Waals surface area contributed by atoms with Crippen molar-refractivity contribution in [3.05, 3.63) is 69.9 Å². The second-order valence-electron chi connectivity index (χ2n) is 5.71. The zero-order valence-electron chi connectivity index (χ0n) is 11.9. The van der Waals surface area contributed by atoms with Crippen LogP contribution < -0.4 is 5.32 Å². The summed E-state index contributed by atoms with van der Waals surface area (Å²) in [5.74, 6) is 0.574. The topological polar surface area (TPSA) is 12.0 Å². The van der Waals surface area contributed by atoms with Gasteiger partial charge in [-0.1, -0.05) is 46.3 Å². The second kappa shape index (κ2) is 6.71. The molecular weight excluding hydrogens is 329 g/mol. The summed E-state index contributed by atoms with van der Waals surface area (Å²) in [5, 5.41) is 3.53. The Balaban J connectivity index is 1.41. The number of rotatable bonds is 5. The van der Waals surface area contributed by atoms with Crippen molar-refractivity contribution in [2.45, 2.75) is 31.2 Å². The number of halogens is 2. The van der Waals surface area contributed by atoms with Gasteiger partial charge >= 0.3 is 0 Å². The molecule has 1 aliphatic carbocycles. The van der Waals surface area contributed by atoms with Gasteiger partial charge in [0.1, 0.15) is 5.82 Å². The highest BCUT2D eigenvalue weighted by molar-refractivity contribution is 9.10. The van der Waals surface area contributed by atoms with Crippen LogP contribution in [0.5, 0.6) is 0 Å². The van der Waals surface area contributed by atoms with Crippen LogP contribution in [-0.4, -0.2) is 12.6 Å². The van der Waals surface area contributed by atoms with Gasteiger partial charge in [-0.2, -0.15) is 0 Å². The predicted molar refractivity (Wildman–Crippen MR) is 88.0 cm³/mol. The lowest BCUT2D eigenvalue weighted by Crippen LogP contribution is -2.41. The molecule has 0 amide bonds. The molecule has 0 aromatic heterocycles. The number of benzene rings is 2. The lowest BCUT2D eigenvalue weighted by molar-refractivity contribution is 0.292. The molecule has 2 aromatic carbocycles. The van der Waals surface area contributed by atoms with Gasteiger partial charge < -0.3 is 5.32 Å². The van der Waals surface area contributed by atoms with Gasteiger partial charge in [0, 0.05) is 10.5 Å². The molecule has 3 heteroatoms. The van der Waals surface area contributed by atoms with Crippen LogP contribution in [0.2, 0.25) is 0 Å². The van der Waals surface area contributed by atoms with Crippen molar-refractivity contribution in [1.82, 2.24) is 5.32 Å². The van der Waals surface area contributed by atoms with E-state index in [1.165, 1.54) is 24.5 Å². The first-order chi connectivity index (χ1) is 10.2. The van der Waals surface area contributed by atoms with Crippen LogP contribution in [0.25, 0.3) is 0 Å². The van der Waals surface area contributed by atoms with Gasteiger partial charge in [0.15, 0.2) is 0 Å². The summed E-state index contributed by atoms with van der Waals surface area (Å²) in [4.78, 5) is 0. The van der Waals surface area contributed by atoms with Crippen LogP contribution in [0, 0.1) is 5.82 Å². The summed E-state index contributed by atoms with van der Waals surface area (Å²) < 4.78 is 14.6. The van der Waals surface area contributed by atoms with E-state index in [4.69, 9.17) is 0 Å². The quantitative estimate of drug-likeness (QED) is 0.828. The summed E-state index contributed by atoms with van der Waals surface area (Å²) in [6, 6.07) is 16.2. The third-order valence-corrected chi connectivity index (χ3v) is 4.79. The lowest BCUT2D eigenvalue weighted by Gasteiger charge is -2.36. The van der Waals surface area contributed by atoms with E-state index in [1.54, 1.807) is 6.07 Å². The average Bonchev–Trinajstić information content (AvgIpc) is 2.45. The highest BCUT2D eigenvalue weighted by atomic mass is 79.9. The molecule has 3 rings (SSSR count). The van der Waals surface area contributed by atoms with E-state index in [1.807, 2.05) is 12.1 Å². The molecule has 0 radical (unpaired) electrons. The van der Waals surface area contributed by atoms with Gasteiger partial charge in [-0.05, 0) is 61.1 Å². The first-order valence-electron chi connectivity index (χ1n) is 7.44. The van der Waals surface area contributed by atoms with Crippen molar-refractivity contribution in [1.29, 1.82) is 0 Å². The molecule has 0 spiro atoms. The maximum absolute atomic E-state index is 13.5. The first-order valence-corrected chi connectivity index (χ1v) is 8.24. The predicted octanol–water partition coefficient (Wildman–Crippen LogP) is 4.67. The fourth-order valence-corrected chi connectivity index (χ4v) is 3.17.